The minimum atomic E-state index is -2.85. The summed E-state index contributed by atoms with van der Waals surface area (Å²) in [6.45, 7) is 2.24. The van der Waals surface area contributed by atoms with Crippen molar-refractivity contribution in [3.63, 3.8) is 0 Å². The third-order valence-corrected chi connectivity index (χ3v) is 14.0. The molecule has 0 heterocycles. The van der Waals surface area contributed by atoms with Crippen molar-refractivity contribution in [2.45, 2.75) is 26.2 Å². The van der Waals surface area contributed by atoms with Gasteiger partial charge in [0.2, 0.25) is 0 Å². The molecule has 0 amide bonds. The molecule has 0 N–H and O–H groups in total. The number of unbranched alkanes of at least 4 members (excludes halogenated alkanes) is 2. The van der Waals surface area contributed by atoms with Gasteiger partial charge in [-0.2, -0.15) is 0 Å². The Morgan fingerprint density at radius 3 is 1.42 bits per heavy atom. The molecule has 0 radical (unpaired) electrons. The Kier molecular flexibility index (Phi) is 6.12. The van der Waals surface area contributed by atoms with E-state index in [2.05, 4.69) is 125 Å². The molecule has 0 unspecified atom stereocenters. The normalized spacial score (nSPS) is 13.4. The van der Waals surface area contributed by atoms with Gasteiger partial charge in [-0.05, 0) is 0 Å². The molecule has 0 aliphatic rings. The van der Waals surface area contributed by atoms with Crippen molar-refractivity contribution in [3.05, 3.63) is 103 Å². The average Bonchev–Trinajstić information content (AvgIpc) is 2.73. The van der Waals surface area contributed by atoms with Crippen LogP contribution < -0.4 is 15.9 Å². The van der Waals surface area contributed by atoms with Gasteiger partial charge >= 0.3 is 166 Å². The van der Waals surface area contributed by atoms with Gasteiger partial charge in [-0.3, -0.25) is 0 Å². The van der Waals surface area contributed by atoms with Crippen molar-refractivity contribution in [1.82, 2.24) is 0 Å². The van der Waals surface area contributed by atoms with Gasteiger partial charge in [0.25, 0.3) is 0 Å². The van der Waals surface area contributed by atoms with Crippen molar-refractivity contribution in [3.8, 4) is 0 Å². The maximum atomic E-state index is 4.41. The molecule has 3 aromatic rings. The average molecular weight is 425 g/mol. The van der Waals surface area contributed by atoms with Crippen LogP contribution in [0, 0.1) is 0 Å². The molecule has 134 valence electrons. The zero-order chi connectivity index (χ0) is 18.3. The Morgan fingerprint density at radius 2 is 1.08 bits per heavy atom. The fraction of sp³-hybridized carbons (Fsp3) is 0.167. The third-order valence-electron chi connectivity index (χ3n) is 4.89. The van der Waals surface area contributed by atoms with E-state index >= 15 is 0 Å². The van der Waals surface area contributed by atoms with Crippen LogP contribution in [0.2, 0.25) is 0 Å². The molecular formula is C24H26BrP. The number of hydrogen-bond donors (Lipinski definition) is 0. The summed E-state index contributed by atoms with van der Waals surface area (Å²) in [5, 5.41) is 1.16. The number of benzene rings is 3. The first-order valence-corrected chi connectivity index (χ1v) is 13.6. The number of halogens is 1. The van der Waals surface area contributed by atoms with E-state index in [0.29, 0.717) is 0 Å². The van der Waals surface area contributed by atoms with Crippen LogP contribution >= 0.6 is 20.8 Å². The van der Waals surface area contributed by atoms with E-state index in [1.54, 1.807) is 0 Å². The van der Waals surface area contributed by atoms with Gasteiger partial charge in [-0.25, -0.2) is 0 Å². The Morgan fingerprint density at radius 1 is 0.692 bits per heavy atom. The molecule has 0 bridgehead atoms. The molecular weight excluding hydrogens is 399 g/mol. The maximum absolute atomic E-state index is 4.41. The van der Waals surface area contributed by atoms with Crippen molar-refractivity contribution < 1.29 is 0 Å². The van der Waals surface area contributed by atoms with Gasteiger partial charge in [-0.1, -0.05) is 0 Å². The van der Waals surface area contributed by atoms with Gasteiger partial charge < -0.3 is 0 Å². The number of hydrogen-bond acceptors (Lipinski definition) is 0. The molecule has 0 fully saturated rings. The zero-order valence-corrected chi connectivity index (χ0v) is 17.7. The van der Waals surface area contributed by atoms with Gasteiger partial charge in [-0.15, -0.1) is 0 Å². The summed E-state index contributed by atoms with van der Waals surface area (Å²) < 4.78 is 0. The van der Waals surface area contributed by atoms with E-state index in [4.69, 9.17) is 0 Å². The predicted octanol–water partition coefficient (Wildman–Crippen LogP) is 6.53. The number of allylic oxidation sites excluding steroid dienone is 1. The van der Waals surface area contributed by atoms with Crippen LogP contribution in [-0.4, -0.2) is 0 Å². The van der Waals surface area contributed by atoms with Crippen LogP contribution in [0.25, 0.3) is 0 Å². The van der Waals surface area contributed by atoms with Crippen molar-refractivity contribution in [2.75, 3.05) is 0 Å². The van der Waals surface area contributed by atoms with E-state index in [0.717, 1.165) is 6.42 Å². The van der Waals surface area contributed by atoms with E-state index in [-0.39, 0.29) is 0 Å². The summed E-state index contributed by atoms with van der Waals surface area (Å²) in [4.78, 5) is 0. The summed E-state index contributed by atoms with van der Waals surface area (Å²) in [7, 11) is 0. The van der Waals surface area contributed by atoms with Crippen molar-refractivity contribution in [1.29, 1.82) is 0 Å². The second kappa shape index (κ2) is 8.33. The second-order valence-electron chi connectivity index (χ2n) is 6.61. The monoisotopic (exact) mass is 424 g/mol. The van der Waals surface area contributed by atoms with Gasteiger partial charge in [0, 0.05) is 0 Å². The van der Waals surface area contributed by atoms with Gasteiger partial charge in [0.1, 0.15) is 0 Å². The van der Waals surface area contributed by atoms with Crippen LogP contribution in [0.15, 0.2) is 103 Å². The molecule has 0 saturated carbocycles. The second-order valence-corrected chi connectivity index (χ2v) is 15.0. The van der Waals surface area contributed by atoms with E-state index in [1.165, 1.54) is 28.8 Å². The Balaban J connectivity index is 2.34. The Hall–Kier alpha value is -1.69. The van der Waals surface area contributed by atoms with Crippen molar-refractivity contribution in [2.24, 2.45) is 0 Å². The van der Waals surface area contributed by atoms with E-state index in [9.17, 15) is 0 Å². The summed E-state index contributed by atoms with van der Waals surface area (Å²) in [6, 6.07) is 32.7. The van der Waals surface area contributed by atoms with Gasteiger partial charge in [0.05, 0.1) is 0 Å². The first kappa shape index (κ1) is 19.1. The first-order valence-electron chi connectivity index (χ1n) is 9.28. The summed E-state index contributed by atoms with van der Waals surface area (Å²) in [5.74, 6) is 2.47. The first-order chi connectivity index (χ1) is 12.7. The summed E-state index contributed by atoms with van der Waals surface area (Å²) >= 11 is 4.41. The fourth-order valence-electron chi connectivity index (χ4n) is 3.46. The fourth-order valence-corrected chi connectivity index (χ4v) is 10.3. The van der Waals surface area contributed by atoms with Crippen LogP contribution in [0.1, 0.15) is 26.2 Å². The van der Waals surface area contributed by atoms with E-state index < -0.39 is 5.31 Å². The predicted molar refractivity (Wildman–Crippen MR) is 123 cm³/mol. The SMILES string of the molecule is CCCC/C=C\P(Br)(c1ccccc1)(c1ccccc1)c1ccccc1. The molecule has 0 nitrogen and oxygen atoms in total. The number of rotatable bonds is 7. The molecule has 0 aliphatic heterocycles. The zero-order valence-electron chi connectivity index (χ0n) is 15.3. The summed E-state index contributed by atoms with van der Waals surface area (Å²) in [5.41, 5.74) is 0. The molecule has 0 spiro atoms. The van der Waals surface area contributed by atoms with Crippen LogP contribution in [0.3, 0.4) is 0 Å². The summed E-state index contributed by atoms with van der Waals surface area (Å²) in [6.07, 6.45) is 5.91. The Bertz CT molecular complexity index is 742. The van der Waals surface area contributed by atoms with Crippen LogP contribution in [0.5, 0.6) is 0 Å². The van der Waals surface area contributed by atoms with Crippen LogP contribution in [0.4, 0.5) is 0 Å². The Labute approximate surface area is 165 Å². The standard InChI is InChI=1S/C24H26BrP/c1-2-3-4-14-21-26(25,22-15-8-5-9-16-22,23-17-10-6-11-18-23)24-19-12-7-13-20-24/h5-21H,2-4H2,1H3/b21-14-. The molecule has 0 saturated heterocycles. The molecule has 0 aliphatic carbocycles. The topological polar surface area (TPSA) is 0 Å². The molecule has 3 rings (SSSR count). The quantitative estimate of drug-likeness (QED) is 0.298. The minimum absolute atomic E-state index is 1.10. The van der Waals surface area contributed by atoms with Crippen molar-refractivity contribution >= 4 is 36.7 Å². The third kappa shape index (κ3) is 3.43. The van der Waals surface area contributed by atoms with Gasteiger partial charge in [0.15, 0.2) is 0 Å². The molecule has 26 heavy (non-hydrogen) atoms. The molecule has 0 atom stereocenters. The van der Waals surface area contributed by atoms with E-state index in [1.807, 2.05) is 0 Å². The molecule has 3 aromatic carbocycles. The molecule has 2 heteroatoms. The van der Waals surface area contributed by atoms with Crippen LogP contribution in [-0.2, 0) is 0 Å². The molecule has 0 aromatic heterocycles.